The second-order valence-electron chi connectivity index (χ2n) is 4.30. The molecule has 2 aromatic carbocycles. The number of hydrogen-bond acceptors (Lipinski definition) is 3. The van der Waals surface area contributed by atoms with Crippen molar-refractivity contribution in [3.05, 3.63) is 64.0 Å². The van der Waals surface area contributed by atoms with Gasteiger partial charge in [0, 0.05) is 0 Å². The Hall–Kier alpha value is -2.26. The predicted octanol–water partition coefficient (Wildman–Crippen LogP) is 4.12. The summed E-state index contributed by atoms with van der Waals surface area (Å²) in [6.07, 6.45) is 1.44. The Morgan fingerprint density at radius 2 is 1.85 bits per heavy atom. The van der Waals surface area contributed by atoms with Crippen molar-refractivity contribution in [1.82, 2.24) is 0 Å². The van der Waals surface area contributed by atoms with Gasteiger partial charge in [0.15, 0.2) is 5.58 Å². The van der Waals surface area contributed by atoms with Gasteiger partial charge in [-0.3, -0.25) is 4.79 Å². The lowest BCUT2D eigenvalue weighted by molar-refractivity contribution is 0.414. The van der Waals surface area contributed by atoms with E-state index in [0.29, 0.717) is 27.3 Å². The monoisotopic (exact) mass is 286 g/mol. The molecule has 0 bridgehead atoms. The highest BCUT2D eigenvalue weighted by atomic mass is 35.5. The summed E-state index contributed by atoms with van der Waals surface area (Å²) in [7, 11) is 1.52. The van der Waals surface area contributed by atoms with Crippen molar-refractivity contribution in [1.29, 1.82) is 0 Å². The molecule has 0 aliphatic carbocycles. The van der Waals surface area contributed by atoms with Gasteiger partial charge in [-0.05, 0) is 17.7 Å². The quantitative estimate of drug-likeness (QED) is 0.711. The van der Waals surface area contributed by atoms with Gasteiger partial charge < -0.3 is 9.15 Å². The zero-order chi connectivity index (χ0) is 14.1. The lowest BCUT2D eigenvalue weighted by Gasteiger charge is -2.07. The highest BCUT2D eigenvalue weighted by Crippen LogP contribution is 2.32. The summed E-state index contributed by atoms with van der Waals surface area (Å²) in [6, 6.07) is 12.7. The molecule has 0 unspecified atom stereocenters. The van der Waals surface area contributed by atoms with Crippen LogP contribution in [0.3, 0.4) is 0 Å². The van der Waals surface area contributed by atoms with Gasteiger partial charge in [0.2, 0.25) is 5.43 Å². The van der Waals surface area contributed by atoms with E-state index >= 15 is 0 Å². The Kier molecular flexibility index (Phi) is 3.20. The highest BCUT2D eigenvalue weighted by molar-refractivity contribution is 6.36. The molecular formula is C16H11ClO3. The molecule has 0 N–H and O–H groups in total. The Labute approximate surface area is 120 Å². The predicted molar refractivity (Wildman–Crippen MR) is 79.5 cm³/mol. The van der Waals surface area contributed by atoms with Crippen molar-refractivity contribution in [3.63, 3.8) is 0 Å². The maximum absolute atomic E-state index is 12.5. The van der Waals surface area contributed by atoms with Crippen LogP contribution in [-0.4, -0.2) is 7.11 Å². The number of benzene rings is 2. The summed E-state index contributed by atoms with van der Waals surface area (Å²) < 4.78 is 10.7. The van der Waals surface area contributed by atoms with E-state index in [-0.39, 0.29) is 5.43 Å². The summed E-state index contributed by atoms with van der Waals surface area (Å²) in [5.74, 6) is 0.481. The number of rotatable bonds is 2. The van der Waals surface area contributed by atoms with E-state index in [9.17, 15) is 4.79 Å². The minimum Gasteiger partial charge on any atom is -0.495 e. The molecule has 1 aromatic heterocycles. The number of ether oxygens (including phenoxy) is 1. The van der Waals surface area contributed by atoms with E-state index in [0.717, 1.165) is 5.56 Å². The lowest BCUT2D eigenvalue weighted by atomic mass is 10.1. The van der Waals surface area contributed by atoms with Crippen LogP contribution < -0.4 is 10.2 Å². The van der Waals surface area contributed by atoms with Crippen LogP contribution in [0.25, 0.3) is 22.1 Å². The molecule has 0 saturated heterocycles. The second kappa shape index (κ2) is 5.02. The zero-order valence-electron chi connectivity index (χ0n) is 10.7. The molecule has 100 valence electrons. The summed E-state index contributed by atoms with van der Waals surface area (Å²) in [5, 5.41) is 0.749. The van der Waals surface area contributed by atoms with Crippen LogP contribution in [0.5, 0.6) is 5.75 Å². The SMILES string of the molecule is COc1ccc2c(=O)c(-c3ccccc3)coc2c1Cl. The lowest BCUT2D eigenvalue weighted by Crippen LogP contribution is -2.05. The van der Waals surface area contributed by atoms with E-state index in [1.54, 1.807) is 12.1 Å². The van der Waals surface area contributed by atoms with Gasteiger partial charge in [-0.2, -0.15) is 0 Å². The van der Waals surface area contributed by atoms with Gasteiger partial charge in [0.05, 0.1) is 18.1 Å². The Balaban J connectivity index is 2.30. The number of methoxy groups -OCH3 is 1. The minimum atomic E-state index is -0.109. The molecule has 0 saturated carbocycles. The van der Waals surface area contributed by atoms with Crippen molar-refractivity contribution < 1.29 is 9.15 Å². The zero-order valence-corrected chi connectivity index (χ0v) is 11.5. The van der Waals surface area contributed by atoms with Crippen LogP contribution in [0, 0.1) is 0 Å². The third-order valence-corrected chi connectivity index (χ3v) is 3.51. The van der Waals surface area contributed by atoms with Gasteiger partial charge in [-0.25, -0.2) is 0 Å². The molecule has 20 heavy (non-hydrogen) atoms. The maximum atomic E-state index is 12.5. The first-order valence-electron chi connectivity index (χ1n) is 6.06. The second-order valence-corrected chi connectivity index (χ2v) is 4.68. The molecule has 1 heterocycles. The number of halogens is 1. The van der Waals surface area contributed by atoms with Crippen molar-refractivity contribution in [2.24, 2.45) is 0 Å². The Morgan fingerprint density at radius 3 is 2.55 bits per heavy atom. The molecule has 0 fully saturated rings. The van der Waals surface area contributed by atoms with Crippen LogP contribution >= 0.6 is 11.6 Å². The molecule has 4 heteroatoms. The molecule has 0 atom stereocenters. The van der Waals surface area contributed by atoms with Crippen molar-refractivity contribution >= 4 is 22.6 Å². The summed E-state index contributed by atoms with van der Waals surface area (Å²) >= 11 is 6.15. The molecule has 0 radical (unpaired) electrons. The summed E-state index contributed by atoms with van der Waals surface area (Å²) in [4.78, 5) is 12.5. The minimum absolute atomic E-state index is 0.109. The van der Waals surface area contributed by atoms with Gasteiger partial charge in [0.1, 0.15) is 17.0 Å². The van der Waals surface area contributed by atoms with E-state index in [2.05, 4.69) is 0 Å². The normalized spacial score (nSPS) is 10.7. The van der Waals surface area contributed by atoms with Crippen LogP contribution in [0.4, 0.5) is 0 Å². The van der Waals surface area contributed by atoms with Crippen LogP contribution in [0.2, 0.25) is 5.02 Å². The topological polar surface area (TPSA) is 39.4 Å². The van der Waals surface area contributed by atoms with Gasteiger partial charge >= 0.3 is 0 Å². The Bertz CT molecular complexity index is 822. The fourth-order valence-corrected chi connectivity index (χ4v) is 2.41. The van der Waals surface area contributed by atoms with E-state index in [1.165, 1.54) is 13.4 Å². The van der Waals surface area contributed by atoms with Crippen LogP contribution in [0.1, 0.15) is 0 Å². The fraction of sp³-hybridized carbons (Fsp3) is 0.0625. The average molecular weight is 287 g/mol. The molecule has 0 amide bonds. The Morgan fingerprint density at radius 1 is 1.10 bits per heavy atom. The molecule has 0 spiro atoms. The first-order chi connectivity index (χ1) is 9.72. The van der Waals surface area contributed by atoms with Gasteiger partial charge in [0.25, 0.3) is 0 Å². The van der Waals surface area contributed by atoms with Crippen molar-refractivity contribution in [2.45, 2.75) is 0 Å². The third-order valence-electron chi connectivity index (χ3n) is 3.15. The first kappa shape index (κ1) is 12.8. The van der Waals surface area contributed by atoms with Crippen molar-refractivity contribution in [3.8, 4) is 16.9 Å². The largest absolute Gasteiger partial charge is 0.495 e. The summed E-state index contributed by atoms with van der Waals surface area (Å²) in [5.41, 5.74) is 1.56. The van der Waals surface area contributed by atoms with E-state index in [1.807, 2.05) is 30.3 Å². The van der Waals surface area contributed by atoms with Crippen LogP contribution in [-0.2, 0) is 0 Å². The van der Waals surface area contributed by atoms with Gasteiger partial charge in [-0.15, -0.1) is 0 Å². The van der Waals surface area contributed by atoms with E-state index in [4.69, 9.17) is 20.8 Å². The molecule has 3 nitrogen and oxygen atoms in total. The summed E-state index contributed by atoms with van der Waals surface area (Å²) in [6.45, 7) is 0. The molecule has 3 rings (SSSR count). The molecule has 0 aliphatic heterocycles. The molecular weight excluding hydrogens is 276 g/mol. The smallest absolute Gasteiger partial charge is 0.200 e. The number of fused-ring (bicyclic) bond motifs is 1. The maximum Gasteiger partial charge on any atom is 0.200 e. The standard InChI is InChI=1S/C16H11ClO3/c1-19-13-8-7-11-15(18)12(9-20-16(11)14(13)17)10-5-3-2-4-6-10/h2-9H,1H3. The third kappa shape index (κ3) is 1.96. The molecule has 3 aromatic rings. The van der Waals surface area contributed by atoms with E-state index < -0.39 is 0 Å². The fourth-order valence-electron chi connectivity index (χ4n) is 2.12. The first-order valence-corrected chi connectivity index (χ1v) is 6.43. The van der Waals surface area contributed by atoms with Crippen molar-refractivity contribution in [2.75, 3.05) is 7.11 Å². The average Bonchev–Trinajstić information content (AvgIpc) is 2.49. The number of hydrogen-bond donors (Lipinski definition) is 0. The molecule has 0 aliphatic rings. The van der Waals surface area contributed by atoms with Gasteiger partial charge in [-0.1, -0.05) is 41.9 Å². The highest BCUT2D eigenvalue weighted by Gasteiger charge is 2.14. The van der Waals surface area contributed by atoms with Crippen LogP contribution in [0.15, 0.2) is 57.9 Å².